The largest absolute Gasteiger partial charge is 0.338 e. The van der Waals surface area contributed by atoms with Crippen LogP contribution >= 0.6 is 0 Å². The number of likely N-dealkylation sites (tertiary alicyclic amines) is 1. The number of aromatic nitrogens is 2. The molecule has 1 fully saturated rings. The Morgan fingerprint density at radius 2 is 2.35 bits per heavy atom. The van der Waals surface area contributed by atoms with Gasteiger partial charge in [-0.15, -0.1) is 0 Å². The number of rotatable bonds is 2. The van der Waals surface area contributed by atoms with Crippen molar-refractivity contribution in [3.05, 3.63) is 17.5 Å². The van der Waals surface area contributed by atoms with Gasteiger partial charge in [0.15, 0.2) is 0 Å². The highest BCUT2D eigenvalue weighted by atomic mass is 16.2. The van der Waals surface area contributed by atoms with Crippen LogP contribution in [0.15, 0.2) is 6.20 Å². The van der Waals surface area contributed by atoms with E-state index in [9.17, 15) is 4.79 Å². The molecule has 4 heteroatoms. The van der Waals surface area contributed by atoms with Crippen LogP contribution in [0.25, 0.3) is 0 Å². The molecule has 1 aromatic heterocycles. The van der Waals surface area contributed by atoms with E-state index in [0.29, 0.717) is 5.92 Å². The third-order valence-corrected chi connectivity index (χ3v) is 3.44. The molecule has 0 aliphatic carbocycles. The first-order valence-corrected chi connectivity index (χ1v) is 6.45. The predicted octanol–water partition coefficient (Wildman–Crippen LogP) is 2.08. The SMILES string of the molecule is CCn1cc(C(=O)N2CCC[C@@H](C)C2)c(C)n1. The summed E-state index contributed by atoms with van der Waals surface area (Å²) in [5.41, 5.74) is 1.61. The lowest BCUT2D eigenvalue weighted by molar-refractivity contribution is 0.0682. The minimum atomic E-state index is 0.147. The number of hydrogen-bond acceptors (Lipinski definition) is 2. The molecular weight excluding hydrogens is 214 g/mol. The molecule has 0 saturated carbocycles. The van der Waals surface area contributed by atoms with Gasteiger partial charge in [-0.05, 0) is 32.6 Å². The second kappa shape index (κ2) is 4.90. The van der Waals surface area contributed by atoms with Crippen LogP contribution in [-0.4, -0.2) is 33.7 Å². The van der Waals surface area contributed by atoms with E-state index in [0.717, 1.165) is 37.3 Å². The third-order valence-electron chi connectivity index (χ3n) is 3.44. The highest BCUT2D eigenvalue weighted by molar-refractivity contribution is 5.95. The van der Waals surface area contributed by atoms with E-state index in [1.807, 2.05) is 29.6 Å². The molecule has 2 heterocycles. The number of piperidine rings is 1. The van der Waals surface area contributed by atoms with E-state index < -0.39 is 0 Å². The Bertz CT molecular complexity index is 411. The van der Waals surface area contributed by atoms with Crippen molar-refractivity contribution in [2.45, 2.75) is 40.2 Å². The quantitative estimate of drug-likeness (QED) is 0.787. The number of carbonyl (C=O) groups excluding carboxylic acids is 1. The average molecular weight is 235 g/mol. The number of amides is 1. The van der Waals surface area contributed by atoms with Crippen LogP contribution in [0.1, 0.15) is 42.7 Å². The fraction of sp³-hybridized carbons (Fsp3) is 0.692. The molecule has 17 heavy (non-hydrogen) atoms. The normalized spacial score (nSPS) is 20.6. The molecule has 1 aliphatic rings. The zero-order valence-electron chi connectivity index (χ0n) is 10.9. The van der Waals surface area contributed by atoms with E-state index in [4.69, 9.17) is 0 Å². The van der Waals surface area contributed by atoms with Crippen molar-refractivity contribution in [2.75, 3.05) is 13.1 Å². The first-order valence-electron chi connectivity index (χ1n) is 6.45. The molecular formula is C13H21N3O. The lowest BCUT2D eigenvalue weighted by Crippen LogP contribution is -2.39. The van der Waals surface area contributed by atoms with Gasteiger partial charge in [0.05, 0.1) is 11.3 Å². The number of carbonyl (C=O) groups is 1. The summed E-state index contributed by atoms with van der Waals surface area (Å²) in [6.45, 7) is 8.73. The Hall–Kier alpha value is -1.32. The summed E-state index contributed by atoms with van der Waals surface area (Å²) in [6, 6.07) is 0. The molecule has 1 saturated heterocycles. The van der Waals surface area contributed by atoms with Crippen LogP contribution in [0.4, 0.5) is 0 Å². The second-order valence-electron chi connectivity index (χ2n) is 4.98. The van der Waals surface area contributed by atoms with E-state index in [1.54, 1.807) is 0 Å². The van der Waals surface area contributed by atoms with E-state index in [2.05, 4.69) is 12.0 Å². The van der Waals surface area contributed by atoms with Crippen molar-refractivity contribution >= 4 is 5.91 Å². The lowest BCUT2D eigenvalue weighted by atomic mass is 9.99. The smallest absolute Gasteiger partial charge is 0.257 e. The predicted molar refractivity (Wildman–Crippen MR) is 66.9 cm³/mol. The van der Waals surface area contributed by atoms with Gasteiger partial charge in [0.2, 0.25) is 0 Å². The van der Waals surface area contributed by atoms with Gasteiger partial charge in [0.1, 0.15) is 0 Å². The molecule has 1 atom stereocenters. The summed E-state index contributed by atoms with van der Waals surface area (Å²) in [7, 11) is 0. The molecule has 2 rings (SSSR count). The average Bonchev–Trinajstić information content (AvgIpc) is 2.69. The molecule has 0 aromatic carbocycles. The zero-order valence-corrected chi connectivity index (χ0v) is 10.9. The van der Waals surface area contributed by atoms with Crippen LogP contribution in [0.3, 0.4) is 0 Å². The van der Waals surface area contributed by atoms with Crippen molar-refractivity contribution in [1.82, 2.24) is 14.7 Å². The maximum atomic E-state index is 12.4. The molecule has 0 bridgehead atoms. The fourth-order valence-corrected chi connectivity index (χ4v) is 2.43. The minimum absolute atomic E-state index is 0.147. The summed E-state index contributed by atoms with van der Waals surface area (Å²) in [4.78, 5) is 14.3. The Balaban J connectivity index is 2.15. The van der Waals surface area contributed by atoms with Crippen LogP contribution < -0.4 is 0 Å². The van der Waals surface area contributed by atoms with Gasteiger partial charge in [-0.3, -0.25) is 9.48 Å². The van der Waals surface area contributed by atoms with Crippen LogP contribution in [0, 0.1) is 12.8 Å². The van der Waals surface area contributed by atoms with Crippen molar-refractivity contribution in [2.24, 2.45) is 5.92 Å². The van der Waals surface area contributed by atoms with Gasteiger partial charge < -0.3 is 4.90 Å². The monoisotopic (exact) mass is 235 g/mol. The molecule has 94 valence electrons. The Labute approximate surface area is 103 Å². The third kappa shape index (κ3) is 2.51. The second-order valence-corrected chi connectivity index (χ2v) is 4.98. The molecule has 0 N–H and O–H groups in total. The molecule has 1 aromatic rings. The van der Waals surface area contributed by atoms with E-state index >= 15 is 0 Å². The van der Waals surface area contributed by atoms with Crippen molar-refractivity contribution in [3.63, 3.8) is 0 Å². The standard InChI is InChI=1S/C13H21N3O/c1-4-16-9-12(11(3)14-16)13(17)15-7-5-6-10(2)8-15/h9-10H,4-8H2,1-3H3/t10-/m1/s1. The van der Waals surface area contributed by atoms with Crippen molar-refractivity contribution in [1.29, 1.82) is 0 Å². The maximum absolute atomic E-state index is 12.4. The van der Waals surface area contributed by atoms with Crippen LogP contribution in [0.5, 0.6) is 0 Å². The van der Waals surface area contributed by atoms with Gasteiger partial charge in [0, 0.05) is 25.8 Å². The zero-order chi connectivity index (χ0) is 12.4. The summed E-state index contributed by atoms with van der Waals surface area (Å²) in [5, 5.41) is 4.33. The van der Waals surface area contributed by atoms with Gasteiger partial charge in [-0.25, -0.2) is 0 Å². The first-order chi connectivity index (χ1) is 8.11. The molecule has 0 radical (unpaired) electrons. The van der Waals surface area contributed by atoms with E-state index in [-0.39, 0.29) is 5.91 Å². The van der Waals surface area contributed by atoms with Gasteiger partial charge in [-0.1, -0.05) is 6.92 Å². The highest BCUT2D eigenvalue weighted by Crippen LogP contribution is 2.18. The molecule has 0 spiro atoms. The van der Waals surface area contributed by atoms with Gasteiger partial charge in [-0.2, -0.15) is 5.10 Å². The number of hydrogen-bond donors (Lipinski definition) is 0. The summed E-state index contributed by atoms with van der Waals surface area (Å²) >= 11 is 0. The van der Waals surface area contributed by atoms with Crippen molar-refractivity contribution < 1.29 is 4.79 Å². The Morgan fingerprint density at radius 3 is 2.94 bits per heavy atom. The Kier molecular flexibility index (Phi) is 3.50. The van der Waals surface area contributed by atoms with Crippen LogP contribution in [0.2, 0.25) is 0 Å². The number of nitrogens with zero attached hydrogens (tertiary/aromatic N) is 3. The lowest BCUT2D eigenvalue weighted by Gasteiger charge is -2.30. The van der Waals surface area contributed by atoms with Crippen molar-refractivity contribution in [3.8, 4) is 0 Å². The summed E-state index contributed by atoms with van der Waals surface area (Å²) in [5.74, 6) is 0.767. The minimum Gasteiger partial charge on any atom is -0.338 e. The van der Waals surface area contributed by atoms with Gasteiger partial charge >= 0.3 is 0 Å². The van der Waals surface area contributed by atoms with E-state index in [1.165, 1.54) is 6.42 Å². The highest BCUT2D eigenvalue weighted by Gasteiger charge is 2.24. The fourth-order valence-electron chi connectivity index (χ4n) is 2.43. The Morgan fingerprint density at radius 1 is 1.59 bits per heavy atom. The molecule has 4 nitrogen and oxygen atoms in total. The summed E-state index contributed by atoms with van der Waals surface area (Å²) in [6.07, 6.45) is 4.22. The molecule has 1 aliphatic heterocycles. The molecule has 0 unspecified atom stereocenters. The van der Waals surface area contributed by atoms with Crippen LogP contribution in [-0.2, 0) is 6.54 Å². The van der Waals surface area contributed by atoms with Gasteiger partial charge in [0.25, 0.3) is 5.91 Å². The summed E-state index contributed by atoms with van der Waals surface area (Å²) < 4.78 is 1.83. The molecule has 1 amide bonds. The first kappa shape index (κ1) is 12.1. The number of aryl methyl sites for hydroxylation is 2. The topological polar surface area (TPSA) is 38.1 Å². The maximum Gasteiger partial charge on any atom is 0.257 e.